The van der Waals surface area contributed by atoms with E-state index in [2.05, 4.69) is 220 Å². The molecule has 8 aromatic rings. The average Bonchev–Trinajstić information content (AvgIpc) is 3.52. The molecule has 53 heavy (non-hydrogen) atoms. The van der Waals surface area contributed by atoms with Crippen molar-refractivity contribution in [2.75, 3.05) is 4.90 Å². The molecule has 2 nitrogen and oxygen atoms in total. The largest absolute Gasteiger partial charge is 0.310 e. The number of rotatable bonds is 8. The monoisotopic (exact) mass is 684 g/mol. The van der Waals surface area contributed by atoms with Gasteiger partial charge in [-0.05, 0) is 124 Å². The first-order chi connectivity index (χ1) is 25.8. The van der Waals surface area contributed by atoms with Crippen LogP contribution in [-0.4, -0.2) is 4.57 Å². The number of fused-ring (bicyclic) bond motifs is 3. The van der Waals surface area contributed by atoms with Crippen molar-refractivity contribution in [3.8, 4) is 27.9 Å². The van der Waals surface area contributed by atoms with Crippen LogP contribution in [0.15, 0.2) is 189 Å². The second kappa shape index (κ2) is 14.0. The molecule has 0 aliphatic carbocycles. The minimum atomic E-state index is 0.0445. The Morgan fingerprint density at radius 3 is 1.74 bits per heavy atom. The van der Waals surface area contributed by atoms with Crippen LogP contribution in [0.2, 0.25) is 0 Å². The highest BCUT2D eigenvalue weighted by Gasteiger charge is 2.19. The second-order valence-corrected chi connectivity index (χ2v) is 14.8. The Morgan fingerprint density at radius 1 is 0.528 bits per heavy atom. The van der Waals surface area contributed by atoms with E-state index in [1.165, 1.54) is 66.4 Å². The van der Waals surface area contributed by atoms with Gasteiger partial charge in [0.2, 0.25) is 0 Å². The molecule has 0 fully saturated rings. The predicted molar refractivity (Wildman–Crippen MR) is 229 cm³/mol. The van der Waals surface area contributed by atoms with Gasteiger partial charge in [-0.25, -0.2) is 0 Å². The van der Waals surface area contributed by atoms with E-state index in [1.807, 2.05) is 6.08 Å². The van der Waals surface area contributed by atoms with E-state index in [4.69, 9.17) is 0 Å². The van der Waals surface area contributed by atoms with E-state index in [0.717, 1.165) is 17.1 Å². The van der Waals surface area contributed by atoms with Crippen LogP contribution in [0.4, 0.5) is 17.1 Å². The third-order valence-electron chi connectivity index (χ3n) is 10.3. The number of hydrogen-bond acceptors (Lipinski definition) is 1. The van der Waals surface area contributed by atoms with Crippen LogP contribution in [-0.2, 0) is 5.41 Å². The number of allylic oxidation sites excluding steroid dienone is 3. The van der Waals surface area contributed by atoms with Crippen LogP contribution in [0.1, 0.15) is 38.8 Å². The highest BCUT2D eigenvalue weighted by molar-refractivity contribution is 6.11. The molecule has 0 saturated carbocycles. The van der Waals surface area contributed by atoms with Crippen molar-refractivity contribution in [3.63, 3.8) is 0 Å². The van der Waals surface area contributed by atoms with Crippen LogP contribution >= 0.6 is 0 Å². The summed E-state index contributed by atoms with van der Waals surface area (Å²) in [6, 6.07) is 61.8. The Labute approximate surface area is 313 Å². The molecule has 0 atom stereocenters. The summed E-state index contributed by atoms with van der Waals surface area (Å²) < 4.78 is 2.40. The fourth-order valence-corrected chi connectivity index (χ4v) is 7.38. The maximum atomic E-state index is 3.89. The Morgan fingerprint density at radius 2 is 1.08 bits per heavy atom. The Bertz CT molecular complexity index is 2580. The minimum absolute atomic E-state index is 0.0445. The molecule has 0 amide bonds. The molecule has 258 valence electrons. The van der Waals surface area contributed by atoms with Gasteiger partial charge in [0.15, 0.2) is 0 Å². The van der Waals surface area contributed by atoms with E-state index >= 15 is 0 Å². The molecule has 0 spiro atoms. The third kappa shape index (κ3) is 6.61. The highest BCUT2D eigenvalue weighted by Crippen LogP contribution is 2.40. The first-order valence-electron chi connectivity index (χ1n) is 18.4. The van der Waals surface area contributed by atoms with Crippen LogP contribution < -0.4 is 4.90 Å². The smallest absolute Gasteiger partial charge is 0.0541 e. The molecule has 0 aliphatic heterocycles. The molecule has 0 aliphatic rings. The quantitative estimate of drug-likeness (QED) is 0.145. The van der Waals surface area contributed by atoms with Gasteiger partial charge in [-0.15, -0.1) is 0 Å². The molecule has 8 rings (SSSR count). The van der Waals surface area contributed by atoms with Gasteiger partial charge in [0.1, 0.15) is 0 Å². The maximum Gasteiger partial charge on any atom is 0.0541 e. The molecule has 1 aromatic heterocycles. The van der Waals surface area contributed by atoms with Gasteiger partial charge in [-0.2, -0.15) is 0 Å². The van der Waals surface area contributed by atoms with Crippen LogP contribution in [0, 0.1) is 0 Å². The van der Waals surface area contributed by atoms with Crippen molar-refractivity contribution in [1.29, 1.82) is 0 Å². The summed E-state index contributed by atoms with van der Waals surface area (Å²) in [5, 5.41) is 2.53. The third-order valence-corrected chi connectivity index (χ3v) is 10.3. The van der Waals surface area contributed by atoms with E-state index in [-0.39, 0.29) is 5.41 Å². The van der Waals surface area contributed by atoms with Crippen molar-refractivity contribution in [3.05, 3.63) is 200 Å². The number of nitrogens with zero attached hydrogens (tertiary/aromatic N) is 2. The van der Waals surface area contributed by atoms with Crippen molar-refractivity contribution in [2.45, 2.75) is 33.1 Å². The SMILES string of the molecule is C=C/C=C(\C)c1ccc(N(c2ccc(-c3ccccc3)cc2)c2cccc(-c3ccc4c(c3)c3cc(C(C)(C)C)ccc3n4-c3ccccc3)c2)cc1. The summed E-state index contributed by atoms with van der Waals surface area (Å²) in [6.45, 7) is 12.9. The van der Waals surface area contributed by atoms with Crippen molar-refractivity contribution >= 4 is 44.4 Å². The summed E-state index contributed by atoms with van der Waals surface area (Å²) in [4.78, 5) is 2.35. The first-order valence-corrected chi connectivity index (χ1v) is 18.4. The number of para-hydroxylation sites is 1. The molecule has 2 heteroatoms. The van der Waals surface area contributed by atoms with Gasteiger partial charge in [0.25, 0.3) is 0 Å². The summed E-state index contributed by atoms with van der Waals surface area (Å²) in [5.74, 6) is 0. The number of aromatic nitrogens is 1. The first kappa shape index (κ1) is 33.7. The number of benzene rings is 7. The van der Waals surface area contributed by atoms with E-state index in [9.17, 15) is 0 Å². The highest BCUT2D eigenvalue weighted by atomic mass is 15.1. The van der Waals surface area contributed by atoms with Gasteiger partial charge >= 0.3 is 0 Å². The minimum Gasteiger partial charge on any atom is -0.310 e. The molecule has 1 heterocycles. The Balaban J connectivity index is 1.26. The van der Waals surface area contributed by atoms with Crippen molar-refractivity contribution in [2.24, 2.45) is 0 Å². The van der Waals surface area contributed by atoms with Gasteiger partial charge < -0.3 is 9.47 Å². The van der Waals surface area contributed by atoms with Crippen molar-refractivity contribution in [1.82, 2.24) is 4.57 Å². The standard InChI is InChI=1S/C51H44N2/c1-6-14-36(2)37-21-27-44(28-22-37)52(45-29-23-39(24-30-45)38-15-9-7-10-16-38)46-20-13-17-40(33-46)41-25-31-49-47(34-41)48-35-42(51(3,4)5)26-32-50(48)53(49)43-18-11-8-12-19-43/h6-35H,1H2,2-5H3/b36-14+. The predicted octanol–water partition coefficient (Wildman–Crippen LogP) is 14.5. The van der Waals surface area contributed by atoms with Gasteiger partial charge in [0, 0.05) is 33.5 Å². The molecule has 0 saturated heterocycles. The molecule has 0 N–H and O–H groups in total. The summed E-state index contributed by atoms with van der Waals surface area (Å²) in [7, 11) is 0. The zero-order valence-corrected chi connectivity index (χ0v) is 30.9. The topological polar surface area (TPSA) is 8.17 Å². The lowest BCUT2D eigenvalue weighted by Gasteiger charge is -2.26. The molecule has 7 aromatic carbocycles. The normalized spacial score (nSPS) is 12.0. The fraction of sp³-hybridized carbons (Fsp3) is 0.0980. The van der Waals surface area contributed by atoms with Crippen LogP contribution in [0.25, 0.3) is 55.3 Å². The zero-order chi connectivity index (χ0) is 36.5. The number of hydrogen-bond donors (Lipinski definition) is 0. The fourth-order valence-electron chi connectivity index (χ4n) is 7.38. The Hall–Kier alpha value is -6.38. The lowest BCUT2D eigenvalue weighted by atomic mass is 9.86. The van der Waals surface area contributed by atoms with Crippen LogP contribution in [0.3, 0.4) is 0 Å². The molecular weight excluding hydrogens is 641 g/mol. The van der Waals surface area contributed by atoms with E-state index in [1.54, 1.807) is 0 Å². The molecule has 0 bridgehead atoms. The van der Waals surface area contributed by atoms with E-state index < -0.39 is 0 Å². The van der Waals surface area contributed by atoms with Gasteiger partial charge in [-0.3, -0.25) is 0 Å². The summed E-state index contributed by atoms with van der Waals surface area (Å²) in [6.07, 6.45) is 3.89. The average molecular weight is 685 g/mol. The van der Waals surface area contributed by atoms with Crippen molar-refractivity contribution < 1.29 is 0 Å². The molecule has 0 unspecified atom stereocenters. The van der Waals surface area contributed by atoms with Crippen LogP contribution in [0.5, 0.6) is 0 Å². The summed E-state index contributed by atoms with van der Waals surface area (Å²) >= 11 is 0. The maximum absolute atomic E-state index is 3.89. The lowest BCUT2D eigenvalue weighted by Crippen LogP contribution is -2.10. The number of anilines is 3. The molecule has 0 radical (unpaired) electrons. The van der Waals surface area contributed by atoms with E-state index in [0.29, 0.717) is 0 Å². The lowest BCUT2D eigenvalue weighted by molar-refractivity contribution is 0.591. The van der Waals surface area contributed by atoms with Gasteiger partial charge in [-0.1, -0.05) is 137 Å². The summed E-state index contributed by atoms with van der Waals surface area (Å²) in [5.41, 5.74) is 15.4. The Kier molecular flexibility index (Phi) is 8.90. The second-order valence-electron chi connectivity index (χ2n) is 14.8. The zero-order valence-electron chi connectivity index (χ0n) is 30.9. The molecular formula is C51H44N2. The van der Waals surface area contributed by atoms with Gasteiger partial charge in [0.05, 0.1) is 11.0 Å².